The van der Waals surface area contributed by atoms with E-state index in [9.17, 15) is 4.79 Å². The predicted molar refractivity (Wildman–Crippen MR) is 91.4 cm³/mol. The van der Waals surface area contributed by atoms with E-state index in [0.717, 1.165) is 22.3 Å². The number of aromatic nitrogens is 2. The molecule has 3 rings (SSSR count). The van der Waals surface area contributed by atoms with Crippen LogP contribution >= 0.6 is 0 Å². The molecule has 0 aliphatic rings. The fourth-order valence-corrected chi connectivity index (χ4v) is 2.86. The van der Waals surface area contributed by atoms with Crippen LogP contribution in [0.4, 0.5) is 0 Å². The predicted octanol–water partition coefficient (Wildman–Crippen LogP) is 2.47. The van der Waals surface area contributed by atoms with Gasteiger partial charge in [-0.15, -0.1) is 0 Å². The first-order valence-corrected chi connectivity index (χ1v) is 7.64. The number of nitrogens with one attached hydrogen (secondary N) is 1. The number of amides is 1. The van der Waals surface area contributed by atoms with Gasteiger partial charge in [-0.3, -0.25) is 4.79 Å². The van der Waals surface area contributed by atoms with Crippen molar-refractivity contribution in [1.82, 2.24) is 15.1 Å². The third kappa shape index (κ3) is 2.83. The molecule has 3 N–H and O–H groups in total. The zero-order valence-electron chi connectivity index (χ0n) is 13.3. The van der Waals surface area contributed by atoms with Gasteiger partial charge in [0.05, 0.1) is 24.5 Å². The van der Waals surface area contributed by atoms with Crippen molar-refractivity contribution < 1.29 is 4.79 Å². The van der Waals surface area contributed by atoms with Crippen LogP contribution in [0.15, 0.2) is 48.7 Å². The third-order valence-corrected chi connectivity index (χ3v) is 4.07. The summed E-state index contributed by atoms with van der Waals surface area (Å²) in [5, 5.41) is 9.71. The molecule has 1 heterocycles. The lowest BCUT2D eigenvalue weighted by atomic mass is 10.1. The summed E-state index contributed by atoms with van der Waals surface area (Å²) >= 11 is 0. The maximum atomic E-state index is 11.5. The fourth-order valence-electron chi connectivity index (χ4n) is 2.86. The van der Waals surface area contributed by atoms with E-state index >= 15 is 0 Å². The molecule has 0 radical (unpaired) electrons. The van der Waals surface area contributed by atoms with E-state index in [0.29, 0.717) is 0 Å². The maximum absolute atomic E-state index is 11.5. The van der Waals surface area contributed by atoms with Crippen LogP contribution in [0.3, 0.4) is 0 Å². The molecular formula is C18H20N4O. The summed E-state index contributed by atoms with van der Waals surface area (Å²) in [5.41, 5.74) is 8.39. The van der Waals surface area contributed by atoms with Crippen LogP contribution in [0, 0.1) is 6.92 Å². The summed E-state index contributed by atoms with van der Waals surface area (Å²) in [6, 6.07) is 14.3. The molecule has 23 heavy (non-hydrogen) atoms. The monoisotopic (exact) mass is 308 g/mol. The third-order valence-electron chi connectivity index (χ3n) is 4.07. The summed E-state index contributed by atoms with van der Waals surface area (Å²) in [7, 11) is 0. The van der Waals surface area contributed by atoms with Crippen molar-refractivity contribution in [1.29, 1.82) is 0 Å². The average molecular weight is 308 g/mol. The van der Waals surface area contributed by atoms with Crippen molar-refractivity contribution in [2.75, 3.05) is 6.54 Å². The zero-order valence-corrected chi connectivity index (χ0v) is 13.3. The Morgan fingerprint density at radius 3 is 2.78 bits per heavy atom. The van der Waals surface area contributed by atoms with Crippen molar-refractivity contribution in [3.63, 3.8) is 0 Å². The molecule has 5 heteroatoms. The number of carbonyl (C=O) groups excluding carboxylic acids is 1. The lowest BCUT2D eigenvalue weighted by Crippen LogP contribution is -2.32. The highest BCUT2D eigenvalue weighted by molar-refractivity contribution is 5.90. The van der Waals surface area contributed by atoms with Gasteiger partial charge in [-0.1, -0.05) is 36.4 Å². The van der Waals surface area contributed by atoms with Crippen molar-refractivity contribution in [2.24, 2.45) is 5.73 Å². The van der Waals surface area contributed by atoms with E-state index in [-0.39, 0.29) is 18.5 Å². The average Bonchev–Trinajstić information content (AvgIpc) is 2.95. The molecule has 118 valence electrons. The van der Waals surface area contributed by atoms with E-state index in [1.54, 1.807) is 6.20 Å². The van der Waals surface area contributed by atoms with Crippen molar-refractivity contribution in [3.8, 4) is 5.69 Å². The van der Waals surface area contributed by atoms with Gasteiger partial charge in [0.1, 0.15) is 0 Å². The molecule has 0 aliphatic carbocycles. The van der Waals surface area contributed by atoms with E-state index < -0.39 is 0 Å². The Balaban J connectivity index is 2.03. The van der Waals surface area contributed by atoms with Crippen molar-refractivity contribution in [2.45, 2.75) is 19.9 Å². The number of fused-ring (bicyclic) bond motifs is 1. The Labute approximate surface area is 135 Å². The maximum Gasteiger partial charge on any atom is 0.234 e. The Kier molecular flexibility index (Phi) is 4.12. The van der Waals surface area contributed by atoms with Gasteiger partial charge in [0.25, 0.3) is 0 Å². The van der Waals surface area contributed by atoms with E-state index in [1.165, 1.54) is 5.39 Å². The van der Waals surface area contributed by atoms with Crippen LogP contribution in [0.5, 0.6) is 0 Å². The van der Waals surface area contributed by atoms with Gasteiger partial charge in [0.2, 0.25) is 5.91 Å². The topological polar surface area (TPSA) is 72.9 Å². The van der Waals surface area contributed by atoms with Gasteiger partial charge in [-0.2, -0.15) is 5.10 Å². The normalized spacial score (nSPS) is 12.3. The van der Waals surface area contributed by atoms with Crippen LogP contribution in [0.2, 0.25) is 0 Å². The number of benzene rings is 2. The molecule has 0 saturated carbocycles. The molecule has 0 saturated heterocycles. The number of nitrogens with zero attached hydrogens (tertiary/aromatic N) is 2. The summed E-state index contributed by atoms with van der Waals surface area (Å²) in [4.78, 5) is 11.5. The van der Waals surface area contributed by atoms with Gasteiger partial charge >= 0.3 is 0 Å². The number of hydrogen-bond acceptors (Lipinski definition) is 3. The van der Waals surface area contributed by atoms with Crippen LogP contribution < -0.4 is 11.1 Å². The molecule has 5 nitrogen and oxygen atoms in total. The number of carbonyl (C=O) groups is 1. The molecule has 0 aliphatic heterocycles. The first-order valence-electron chi connectivity index (χ1n) is 7.64. The second-order valence-electron chi connectivity index (χ2n) is 5.59. The Bertz CT molecular complexity index is 848. The highest BCUT2D eigenvalue weighted by atomic mass is 16.1. The largest absolute Gasteiger partial charge is 0.348 e. The molecule has 0 spiro atoms. The van der Waals surface area contributed by atoms with Gasteiger partial charge < -0.3 is 11.1 Å². The van der Waals surface area contributed by atoms with E-state index in [4.69, 9.17) is 5.73 Å². The second kappa shape index (κ2) is 6.22. The number of nitrogens with two attached hydrogens (primary N) is 1. The summed E-state index contributed by atoms with van der Waals surface area (Å²) in [6.07, 6.45) is 1.80. The molecule has 1 aromatic heterocycles. The number of hydrogen-bond donors (Lipinski definition) is 2. The molecule has 0 unspecified atom stereocenters. The summed E-state index contributed by atoms with van der Waals surface area (Å²) in [6.45, 7) is 3.93. The Morgan fingerprint density at radius 2 is 2.00 bits per heavy atom. The molecule has 0 fully saturated rings. The van der Waals surface area contributed by atoms with E-state index in [2.05, 4.69) is 34.7 Å². The van der Waals surface area contributed by atoms with Crippen LogP contribution in [-0.4, -0.2) is 22.2 Å². The smallest absolute Gasteiger partial charge is 0.234 e. The lowest BCUT2D eigenvalue weighted by Gasteiger charge is -2.14. The number of rotatable bonds is 4. The fraction of sp³-hybridized carbons (Fsp3) is 0.222. The van der Waals surface area contributed by atoms with Crippen LogP contribution in [0.1, 0.15) is 24.2 Å². The highest BCUT2D eigenvalue weighted by Crippen LogP contribution is 2.25. The standard InChI is InChI=1S/C18H20N4O/c1-12(21-18(23)10-19)16-11-20-22(13(16)2)17-9-5-7-14-6-3-4-8-15(14)17/h3-9,11-12H,10,19H2,1-2H3,(H,21,23)/t12-/m0/s1. The molecule has 3 aromatic rings. The molecule has 1 atom stereocenters. The highest BCUT2D eigenvalue weighted by Gasteiger charge is 2.16. The molecule has 1 amide bonds. The van der Waals surface area contributed by atoms with Gasteiger partial charge in [0.15, 0.2) is 0 Å². The summed E-state index contributed by atoms with van der Waals surface area (Å²) in [5.74, 6) is -0.171. The van der Waals surface area contributed by atoms with Gasteiger partial charge in [0, 0.05) is 16.6 Å². The van der Waals surface area contributed by atoms with Gasteiger partial charge in [-0.25, -0.2) is 4.68 Å². The minimum absolute atomic E-state index is 0.0130. The van der Waals surface area contributed by atoms with E-state index in [1.807, 2.05) is 36.7 Å². The molecular weight excluding hydrogens is 288 g/mol. The SMILES string of the molecule is Cc1c([C@H](C)NC(=O)CN)cnn1-c1cccc2ccccc12. The second-order valence-corrected chi connectivity index (χ2v) is 5.59. The van der Waals surface area contributed by atoms with Crippen molar-refractivity contribution in [3.05, 3.63) is 59.9 Å². The Hall–Kier alpha value is -2.66. The van der Waals surface area contributed by atoms with Crippen molar-refractivity contribution >= 4 is 16.7 Å². The minimum Gasteiger partial charge on any atom is -0.348 e. The van der Waals surface area contributed by atoms with Crippen LogP contribution in [-0.2, 0) is 4.79 Å². The first-order chi connectivity index (χ1) is 11.1. The first kappa shape index (κ1) is 15.2. The van der Waals surface area contributed by atoms with Crippen LogP contribution in [0.25, 0.3) is 16.5 Å². The lowest BCUT2D eigenvalue weighted by molar-refractivity contribution is -0.120. The zero-order chi connectivity index (χ0) is 16.4. The Morgan fingerprint density at radius 1 is 1.26 bits per heavy atom. The summed E-state index contributed by atoms with van der Waals surface area (Å²) < 4.78 is 1.92. The quantitative estimate of drug-likeness (QED) is 0.777. The molecule has 2 aromatic carbocycles. The van der Waals surface area contributed by atoms with Gasteiger partial charge in [-0.05, 0) is 25.3 Å². The minimum atomic E-state index is -0.171. The molecule has 0 bridgehead atoms.